The van der Waals surface area contributed by atoms with Crippen molar-refractivity contribution in [2.24, 2.45) is 0 Å². The number of hydrogen-bond acceptors (Lipinski definition) is 2. The first-order valence-corrected chi connectivity index (χ1v) is 6.87. The number of rotatable bonds is 2. The predicted molar refractivity (Wildman–Crippen MR) is 80.6 cm³/mol. The van der Waals surface area contributed by atoms with E-state index in [0.717, 1.165) is 0 Å². The Morgan fingerprint density at radius 3 is 2.53 bits per heavy atom. The van der Waals surface area contributed by atoms with Crippen molar-refractivity contribution in [3.05, 3.63) is 56.7 Å². The molecule has 3 nitrogen and oxygen atoms in total. The number of hydrogen-bond donors (Lipinski definition) is 2. The largest absolute Gasteiger partial charge is 0.399 e. The Hall–Kier alpha value is -1.40. The highest BCUT2D eigenvalue weighted by Gasteiger charge is 2.12. The summed E-state index contributed by atoms with van der Waals surface area (Å²) in [6.07, 6.45) is 0. The van der Waals surface area contributed by atoms with Crippen LogP contribution in [0.3, 0.4) is 0 Å². The first-order valence-electron chi connectivity index (χ1n) is 5.29. The van der Waals surface area contributed by atoms with Crippen molar-refractivity contribution in [1.29, 1.82) is 0 Å². The molecule has 0 radical (unpaired) electrons. The molecule has 0 saturated carbocycles. The molecule has 0 saturated heterocycles. The van der Waals surface area contributed by atoms with Gasteiger partial charge in [0, 0.05) is 14.6 Å². The summed E-state index contributed by atoms with van der Waals surface area (Å²) in [7, 11) is 0. The minimum absolute atomic E-state index is 0.226. The van der Waals surface area contributed by atoms with Gasteiger partial charge in [-0.15, -0.1) is 0 Å². The molecule has 0 aliphatic carbocycles. The van der Waals surface area contributed by atoms with Crippen molar-refractivity contribution in [2.45, 2.75) is 0 Å². The Morgan fingerprint density at radius 2 is 1.84 bits per heavy atom. The molecule has 2 rings (SSSR count). The molecule has 19 heavy (non-hydrogen) atoms. The summed E-state index contributed by atoms with van der Waals surface area (Å²) < 4.78 is 14.3. The fourth-order valence-corrected chi connectivity index (χ4v) is 2.42. The van der Waals surface area contributed by atoms with Crippen LogP contribution in [-0.4, -0.2) is 5.91 Å². The monoisotopic (exact) mass is 386 g/mol. The van der Waals surface area contributed by atoms with Crippen LogP contribution in [0.1, 0.15) is 10.4 Å². The average Bonchev–Trinajstić information content (AvgIpc) is 2.35. The van der Waals surface area contributed by atoms with Crippen molar-refractivity contribution in [1.82, 2.24) is 0 Å². The zero-order chi connectivity index (χ0) is 14.0. The Morgan fingerprint density at radius 1 is 1.11 bits per heavy atom. The smallest absolute Gasteiger partial charge is 0.256 e. The molecule has 0 aliphatic rings. The van der Waals surface area contributed by atoms with Crippen LogP contribution in [0.25, 0.3) is 0 Å². The molecule has 98 valence electrons. The first-order chi connectivity index (χ1) is 8.97. The highest BCUT2D eigenvalue weighted by Crippen LogP contribution is 2.26. The maximum atomic E-state index is 13.2. The van der Waals surface area contributed by atoms with E-state index in [9.17, 15) is 9.18 Å². The third-order valence-corrected chi connectivity index (χ3v) is 3.76. The minimum atomic E-state index is -0.468. The summed E-state index contributed by atoms with van der Waals surface area (Å²) in [5.41, 5.74) is 6.98. The minimum Gasteiger partial charge on any atom is -0.399 e. The van der Waals surface area contributed by atoms with E-state index in [1.165, 1.54) is 18.2 Å². The lowest BCUT2D eigenvalue weighted by molar-refractivity contribution is 0.102. The molecule has 0 aliphatic heterocycles. The van der Waals surface area contributed by atoms with Crippen molar-refractivity contribution in [3.63, 3.8) is 0 Å². The van der Waals surface area contributed by atoms with Gasteiger partial charge in [0.15, 0.2) is 0 Å². The molecular weight excluding hydrogens is 379 g/mol. The van der Waals surface area contributed by atoms with E-state index < -0.39 is 11.7 Å². The molecule has 0 fully saturated rings. The third kappa shape index (κ3) is 3.33. The maximum Gasteiger partial charge on any atom is 0.256 e. The number of benzene rings is 2. The number of anilines is 2. The van der Waals surface area contributed by atoms with Crippen LogP contribution in [0, 0.1) is 5.82 Å². The van der Waals surface area contributed by atoms with Crippen molar-refractivity contribution in [3.8, 4) is 0 Å². The van der Waals surface area contributed by atoms with E-state index in [2.05, 4.69) is 37.2 Å². The summed E-state index contributed by atoms with van der Waals surface area (Å²) in [5, 5.41) is 2.68. The lowest BCUT2D eigenvalue weighted by Crippen LogP contribution is -2.13. The molecule has 0 aromatic heterocycles. The number of nitrogen functional groups attached to an aromatic ring is 1. The van der Waals surface area contributed by atoms with Crippen LogP contribution in [0.2, 0.25) is 0 Å². The van der Waals surface area contributed by atoms with Gasteiger partial charge in [-0.1, -0.05) is 0 Å². The van der Waals surface area contributed by atoms with E-state index in [1.54, 1.807) is 18.2 Å². The standard InChI is InChI=1S/C13H9Br2FN2O/c14-10-3-1-7(16)5-9(10)13(19)18-12-4-2-8(17)6-11(12)15/h1-6H,17H2,(H,18,19). The van der Waals surface area contributed by atoms with Gasteiger partial charge in [-0.3, -0.25) is 4.79 Å². The zero-order valence-electron chi connectivity index (χ0n) is 9.58. The number of carbonyl (C=O) groups is 1. The Balaban J connectivity index is 2.28. The summed E-state index contributed by atoms with van der Waals surface area (Å²) >= 11 is 6.52. The molecule has 0 spiro atoms. The molecular formula is C13H9Br2FN2O. The molecule has 1 amide bonds. The fraction of sp³-hybridized carbons (Fsp3) is 0. The van der Waals surface area contributed by atoms with Crippen LogP contribution in [0.15, 0.2) is 45.3 Å². The van der Waals surface area contributed by atoms with E-state index in [0.29, 0.717) is 20.3 Å². The maximum absolute atomic E-state index is 13.2. The molecule has 0 bridgehead atoms. The van der Waals surface area contributed by atoms with Crippen molar-refractivity contribution >= 4 is 49.1 Å². The number of halogens is 3. The number of nitrogens with one attached hydrogen (secondary N) is 1. The number of nitrogens with two attached hydrogens (primary N) is 1. The topological polar surface area (TPSA) is 55.1 Å². The zero-order valence-corrected chi connectivity index (χ0v) is 12.8. The molecule has 0 unspecified atom stereocenters. The SMILES string of the molecule is Nc1ccc(NC(=O)c2cc(F)ccc2Br)c(Br)c1. The van der Waals surface area contributed by atoms with Crippen molar-refractivity contribution < 1.29 is 9.18 Å². The van der Waals surface area contributed by atoms with E-state index >= 15 is 0 Å². The number of carbonyl (C=O) groups excluding carboxylic acids is 1. The van der Waals surface area contributed by atoms with E-state index in [1.807, 2.05) is 0 Å². The summed E-state index contributed by atoms with van der Waals surface area (Å²) in [5.74, 6) is -0.874. The lowest BCUT2D eigenvalue weighted by atomic mass is 10.2. The second kappa shape index (κ2) is 5.71. The summed E-state index contributed by atoms with van der Waals surface area (Å²) in [6, 6.07) is 8.95. The van der Waals surface area contributed by atoms with Gasteiger partial charge in [0.05, 0.1) is 11.3 Å². The number of amides is 1. The Bertz CT molecular complexity index is 647. The van der Waals surface area contributed by atoms with Gasteiger partial charge in [0.25, 0.3) is 5.91 Å². The molecule has 3 N–H and O–H groups in total. The van der Waals surface area contributed by atoms with E-state index in [-0.39, 0.29) is 5.56 Å². The second-order valence-electron chi connectivity index (χ2n) is 3.82. The first kappa shape index (κ1) is 14.0. The highest BCUT2D eigenvalue weighted by molar-refractivity contribution is 9.11. The normalized spacial score (nSPS) is 10.3. The van der Waals surface area contributed by atoms with Crippen LogP contribution in [0.4, 0.5) is 15.8 Å². The third-order valence-electron chi connectivity index (χ3n) is 2.41. The van der Waals surface area contributed by atoms with E-state index in [4.69, 9.17) is 5.73 Å². The van der Waals surface area contributed by atoms with Gasteiger partial charge in [-0.05, 0) is 68.3 Å². The van der Waals surface area contributed by atoms with Gasteiger partial charge in [0.2, 0.25) is 0 Å². The highest BCUT2D eigenvalue weighted by atomic mass is 79.9. The van der Waals surface area contributed by atoms with Gasteiger partial charge in [-0.25, -0.2) is 4.39 Å². The predicted octanol–water partition coefficient (Wildman–Crippen LogP) is 4.19. The fourth-order valence-electron chi connectivity index (χ4n) is 1.49. The Kier molecular flexibility index (Phi) is 4.21. The molecule has 0 heterocycles. The summed E-state index contributed by atoms with van der Waals surface area (Å²) in [6.45, 7) is 0. The van der Waals surface area contributed by atoms with Crippen LogP contribution < -0.4 is 11.1 Å². The average molecular weight is 388 g/mol. The molecule has 2 aromatic rings. The summed E-state index contributed by atoms with van der Waals surface area (Å²) in [4.78, 5) is 12.1. The van der Waals surface area contributed by atoms with Gasteiger partial charge in [-0.2, -0.15) is 0 Å². The van der Waals surface area contributed by atoms with Crippen LogP contribution >= 0.6 is 31.9 Å². The quantitative estimate of drug-likeness (QED) is 0.759. The van der Waals surface area contributed by atoms with Crippen LogP contribution in [-0.2, 0) is 0 Å². The van der Waals surface area contributed by atoms with Crippen LogP contribution in [0.5, 0.6) is 0 Å². The second-order valence-corrected chi connectivity index (χ2v) is 5.53. The lowest BCUT2D eigenvalue weighted by Gasteiger charge is -2.09. The van der Waals surface area contributed by atoms with Gasteiger partial charge < -0.3 is 11.1 Å². The molecule has 6 heteroatoms. The Labute approximate surface area is 126 Å². The molecule has 2 aromatic carbocycles. The molecule has 0 atom stereocenters. The van der Waals surface area contributed by atoms with Crippen molar-refractivity contribution in [2.75, 3.05) is 11.1 Å². The van der Waals surface area contributed by atoms with Gasteiger partial charge >= 0.3 is 0 Å². The van der Waals surface area contributed by atoms with Gasteiger partial charge in [0.1, 0.15) is 5.82 Å².